The molecular formula is C21H32ClN3O3. The second-order valence-corrected chi connectivity index (χ2v) is 7.83. The summed E-state index contributed by atoms with van der Waals surface area (Å²) in [6, 6.07) is 8.03. The van der Waals surface area contributed by atoms with E-state index in [4.69, 9.17) is 4.74 Å². The smallest absolute Gasteiger partial charge is 0.227 e. The highest BCUT2D eigenvalue weighted by Crippen LogP contribution is 2.29. The molecule has 2 amide bonds. The van der Waals surface area contributed by atoms with E-state index < -0.39 is 0 Å². The fraction of sp³-hybridized carbons (Fsp3) is 0.619. The number of nitrogens with zero attached hydrogens (tertiary/aromatic N) is 1. The predicted octanol–water partition coefficient (Wildman–Crippen LogP) is 2.16. The molecule has 3 rings (SSSR count). The summed E-state index contributed by atoms with van der Waals surface area (Å²) in [5, 5.41) is 6.46. The zero-order chi connectivity index (χ0) is 19.3. The average molecular weight is 410 g/mol. The highest BCUT2D eigenvalue weighted by molar-refractivity contribution is 6.00. The van der Waals surface area contributed by atoms with Gasteiger partial charge in [0.2, 0.25) is 11.8 Å². The standard InChI is InChI=1S/C21H31N3O3.ClH/c1-3-16-4-6-18(7-5-16)24-13-17(12-19(24)25)20(26)23-14-21(15-27-2)8-10-22-11-9-21;/h4-7,17,22H,3,8-15H2,1-2H3,(H,23,26);1H. The molecule has 2 N–H and O–H groups in total. The van der Waals surface area contributed by atoms with Crippen LogP contribution in [0.3, 0.4) is 0 Å². The first-order valence-corrected chi connectivity index (χ1v) is 9.93. The summed E-state index contributed by atoms with van der Waals surface area (Å²) >= 11 is 0. The van der Waals surface area contributed by atoms with Crippen molar-refractivity contribution in [2.75, 3.05) is 44.8 Å². The van der Waals surface area contributed by atoms with Crippen molar-refractivity contribution in [2.45, 2.75) is 32.6 Å². The number of nitrogens with one attached hydrogen (secondary N) is 2. The van der Waals surface area contributed by atoms with E-state index in [9.17, 15) is 9.59 Å². The first-order valence-electron chi connectivity index (χ1n) is 9.93. The maximum Gasteiger partial charge on any atom is 0.227 e. The Bertz CT molecular complexity index is 654. The predicted molar refractivity (Wildman–Crippen MR) is 113 cm³/mol. The Morgan fingerprint density at radius 2 is 1.96 bits per heavy atom. The molecule has 0 radical (unpaired) electrons. The second-order valence-electron chi connectivity index (χ2n) is 7.83. The molecule has 0 aromatic heterocycles. The van der Waals surface area contributed by atoms with Crippen LogP contribution in [0.15, 0.2) is 24.3 Å². The number of rotatable bonds is 7. The number of carbonyl (C=O) groups excluding carboxylic acids is 2. The molecule has 2 aliphatic heterocycles. The van der Waals surface area contributed by atoms with Crippen molar-refractivity contribution < 1.29 is 14.3 Å². The second kappa shape index (κ2) is 10.2. The molecule has 0 saturated carbocycles. The van der Waals surface area contributed by atoms with Gasteiger partial charge in [-0.15, -0.1) is 12.4 Å². The molecule has 1 aromatic carbocycles. The van der Waals surface area contributed by atoms with Crippen molar-refractivity contribution in [3.05, 3.63) is 29.8 Å². The van der Waals surface area contributed by atoms with Crippen LogP contribution in [-0.4, -0.2) is 51.7 Å². The van der Waals surface area contributed by atoms with Gasteiger partial charge in [0, 0.05) is 37.7 Å². The zero-order valence-corrected chi connectivity index (χ0v) is 17.6. The van der Waals surface area contributed by atoms with Crippen LogP contribution >= 0.6 is 12.4 Å². The Labute approximate surface area is 173 Å². The monoisotopic (exact) mass is 409 g/mol. The van der Waals surface area contributed by atoms with Gasteiger partial charge in [0.05, 0.1) is 12.5 Å². The summed E-state index contributed by atoms with van der Waals surface area (Å²) < 4.78 is 5.41. The summed E-state index contributed by atoms with van der Waals surface area (Å²) in [5.41, 5.74) is 2.11. The van der Waals surface area contributed by atoms with Gasteiger partial charge in [-0.25, -0.2) is 0 Å². The Balaban J connectivity index is 0.00000280. The van der Waals surface area contributed by atoms with E-state index in [-0.39, 0.29) is 42.0 Å². The van der Waals surface area contributed by atoms with Gasteiger partial charge in [-0.3, -0.25) is 9.59 Å². The van der Waals surface area contributed by atoms with Crippen LogP contribution in [0.5, 0.6) is 0 Å². The normalized spacial score (nSPS) is 21.3. The van der Waals surface area contributed by atoms with E-state index in [1.165, 1.54) is 5.56 Å². The Kier molecular flexibility index (Phi) is 8.28. The van der Waals surface area contributed by atoms with E-state index in [1.54, 1.807) is 12.0 Å². The number of hydrogen-bond acceptors (Lipinski definition) is 4. The number of piperidine rings is 1. The first kappa shape index (κ1) is 22.7. The van der Waals surface area contributed by atoms with Crippen molar-refractivity contribution in [1.82, 2.24) is 10.6 Å². The molecular weight excluding hydrogens is 378 g/mol. The number of hydrogen-bond donors (Lipinski definition) is 2. The molecule has 1 aromatic rings. The summed E-state index contributed by atoms with van der Waals surface area (Å²) in [7, 11) is 1.71. The maximum absolute atomic E-state index is 12.7. The molecule has 0 spiro atoms. The van der Waals surface area contributed by atoms with Crippen LogP contribution in [-0.2, 0) is 20.7 Å². The molecule has 2 saturated heterocycles. The third kappa shape index (κ3) is 5.25. The minimum Gasteiger partial charge on any atom is -0.384 e. The fourth-order valence-corrected chi connectivity index (χ4v) is 4.10. The van der Waals surface area contributed by atoms with Crippen molar-refractivity contribution in [3.8, 4) is 0 Å². The fourth-order valence-electron chi connectivity index (χ4n) is 4.10. The van der Waals surface area contributed by atoms with Gasteiger partial charge in [-0.2, -0.15) is 0 Å². The van der Waals surface area contributed by atoms with Gasteiger partial charge in [0.1, 0.15) is 0 Å². The van der Waals surface area contributed by atoms with E-state index in [2.05, 4.69) is 17.6 Å². The molecule has 7 heteroatoms. The Morgan fingerprint density at radius 3 is 2.57 bits per heavy atom. The zero-order valence-electron chi connectivity index (χ0n) is 16.8. The number of methoxy groups -OCH3 is 1. The molecule has 2 aliphatic rings. The lowest BCUT2D eigenvalue weighted by Gasteiger charge is -2.37. The first-order chi connectivity index (χ1) is 13.1. The molecule has 6 nitrogen and oxygen atoms in total. The number of anilines is 1. The van der Waals surface area contributed by atoms with Gasteiger partial charge in [0.25, 0.3) is 0 Å². The van der Waals surface area contributed by atoms with Crippen molar-refractivity contribution in [3.63, 3.8) is 0 Å². The number of carbonyl (C=O) groups is 2. The highest BCUT2D eigenvalue weighted by atomic mass is 35.5. The van der Waals surface area contributed by atoms with Crippen molar-refractivity contribution in [1.29, 1.82) is 0 Å². The molecule has 2 fully saturated rings. The number of aryl methyl sites for hydroxylation is 1. The Hall–Kier alpha value is -1.63. The van der Waals surface area contributed by atoms with Crippen LogP contribution in [0, 0.1) is 11.3 Å². The van der Waals surface area contributed by atoms with Gasteiger partial charge < -0.3 is 20.3 Å². The lowest BCUT2D eigenvalue weighted by molar-refractivity contribution is -0.127. The number of benzene rings is 1. The van der Waals surface area contributed by atoms with Gasteiger partial charge >= 0.3 is 0 Å². The molecule has 1 unspecified atom stereocenters. The quantitative estimate of drug-likeness (QED) is 0.724. The topological polar surface area (TPSA) is 70.7 Å². The lowest BCUT2D eigenvalue weighted by atomic mass is 9.79. The minimum absolute atomic E-state index is 0. The molecule has 0 bridgehead atoms. The van der Waals surface area contributed by atoms with E-state index in [0.717, 1.165) is 38.0 Å². The molecule has 0 aliphatic carbocycles. The third-order valence-corrected chi connectivity index (χ3v) is 5.90. The third-order valence-electron chi connectivity index (χ3n) is 5.90. The largest absolute Gasteiger partial charge is 0.384 e. The number of halogens is 1. The van der Waals surface area contributed by atoms with Crippen LogP contribution in [0.25, 0.3) is 0 Å². The van der Waals surface area contributed by atoms with Gasteiger partial charge in [0.15, 0.2) is 0 Å². The van der Waals surface area contributed by atoms with Crippen molar-refractivity contribution in [2.24, 2.45) is 11.3 Å². The van der Waals surface area contributed by atoms with Gasteiger partial charge in [-0.1, -0.05) is 19.1 Å². The molecule has 2 heterocycles. The molecule has 156 valence electrons. The van der Waals surface area contributed by atoms with Gasteiger partial charge in [-0.05, 0) is 50.0 Å². The number of ether oxygens (including phenoxy) is 1. The van der Waals surface area contributed by atoms with Crippen LogP contribution in [0.1, 0.15) is 31.7 Å². The minimum atomic E-state index is -0.287. The average Bonchev–Trinajstić information content (AvgIpc) is 3.09. The Morgan fingerprint density at radius 1 is 1.29 bits per heavy atom. The van der Waals surface area contributed by atoms with Crippen LogP contribution < -0.4 is 15.5 Å². The summed E-state index contributed by atoms with van der Waals surface area (Å²) in [4.78, 5) is 26.9. The number of amides is 2. The van der Waals surface area contributed by atoms with Crippen LogP contribution in [0.2, 0.25) is 0 Å². The van der Waals surface area contributed by atoms with E-state index in [1.807, 2.05) is 24.3 Å². The highest BCUT2D eigenvalue weighted by Gasteiger charge is 2.37. The lowest BCUT2D eigenvalue weighted by Crippen LogP contribution is -2.48. The molecule has 1 atom stereocenters. The van der Waals surface area contributed by atoms with E-state index in [0.29, 0.717) is 19.7 Å². The summed E-state index contributed by atoms with van der Waals surface area (Å²) in [5.74, 6) is -0.289. The summed E-state index contributed by atoms with van der Waals surface area (Å²) in [6.07, 6.45) is 3.22. The SMILES string of the molecule is CCc1ccc(N2CC(C(=O)NCC3(COC)CCNCC3)CC2=O)cc1.Cl. The van der Waals surface area contributed by atoms with Crippen LogP contribution in [0.4, 0.5) is 5.69 Å². The maximum atomic E-state index is 12.7. The van der Waals surface area contributed by atoms with E-state index >= 15 is 0 Å². The van der Waals surface area contributed by atoms with Crippen molar-refractivity contribution >= 4 is 29.9 Å². The summed E-state index contributed by atoms with van der Waals surface area (Å²) in [6.45, 7) is 5.71. The molecule has 28 heavy (non-hydrogen) atoms.